The van der Waals surface area contributed by atoms with Gasteiger partial charge in [-0.25, -0.2) is 13.4 Å². The van der Waals surface area contributed by atoms with Crippen molar-refractivity contribution in [3.8, 4) is 0 Å². The third-order valence-electron chi connectivity index (χ3n) is 1.95. The van der Waals surface area contributed by atoms with Gasteiger partial charge in [-0.05, 0) is 25.0 Å². The molecule has 0 amide bonds. The lowest BCUT2D eigenvalue weighted by atomic mass is 10.3. The minimum absolute atomic E-state index is 0.0986. The van der Waals surface area contributed by atoms with E-state index >= 15 is 0 Å². The van der Waals surface area contributed by atoms with Crippen LogP contribution in [-0.4, -0.2) is 25.7 Å². The van der Waals surface area contributed by atoms with Gasteiger partial charge in [-0.2, -0.15) is 0 Å². The van der Waals surface area contributed by atoms with E-state index in [-0.39, 0.29) is 11.7 Å². The quantitative estimate of drug-likeness (QED) is 0.816. The van der Waals surface area contributed by atoms with E-state index in [1.165, 1.54) is 6.20 Å². The summed E-state index contributed by atoms with van der Waals surface area (Å²) in [6.45, 7) is 6.49. The molecule has 0 unspecified atom stereocenters. The lowest BCUT2D eigenvalue weighted by Gasteiger charge is -2.10. The highest BCUT2D eigenvalue weighted by atomic mass is 32.2. The van der Waals surface area contributed by atoms with Crippen LogP contribution in [0.5, 0.6) is 0 Å². The van der Waals surface area contributed by atoms with Crippen LogP contribution in [0.25, 0.3) is 0 Å². The Morgan fingerprint density at radius 2 is 2.06 bits per heavy atom. The molecule has 17 heavy (non-hydrogen) atoms. The van der Waals surface area contributed by atoms with Gasteiger partial charge in [0.05, 0.1) is 17.6 Å². The summed E-state index contributed by atoms with van der Waals surface area (Å²) in [6.07, 6.45) is 1.51. The van der Waals surface area contributed by atoms with E-state index in [1.807, 2.05) is 20.8 Å². The van der Waals surface area contributed by atoms with Crippen LogP contribution in [0.3, 0.4) is 0 Å². The first-order valence-corrected chi connectivity index (χ1v) is 7.28. The van der Waals surface area contributed by atoms with Gasteiger partial charge < -0.3 is 5.32 Å². The highest BCUT2D eigenvalue weighted by Crippen LogP contribution is 2.12. The van der Waals surface area contributed by atoms with Crippen molar-refractivity contribution in [3.63, 3.8) is 0 Å². The lowest BCUT2D eigenvalue weighted by molar-refractivity contribution is 0.587. The van der Waals surface area contributed by atoms with E-state index in [4.69, 9.17) is 0 Å². The van der Waals surface area contributed by atoms with E-state index in [2.05, 4.69) is 15.0 Å². The van der Waals surface area contributed by atoms with Crippen molar-refractivity contribution in [1.82, 2.24) is 4.98 Å². The summed E-state index contributed by atoms with van der Waals surface area (Å²) in [5.41, 5.74) is 0.493. The number of aromatic nitrogens is 1. The zero-order chi connectivity index (χ0) is 12.9. The Morgan fingerprint density at radius 3 is 2.53 bits per heavy atom. The molecule has 0 radical (unpaired) electrons. The number of sulfonamides is 1. The number of nitrogens with zero attached hydrogens (tertiary/aromatic N) is 1. The summed E-state index contributed by atoms with van der Waals surface area (Å²) in [5, 5.41) is 3.04. The summed E-state index contributed by atoms with van der Waals surface area (Å²) in [5.74, 6) is 0.947. The van der Waals surface area contributed by atoms with Gasteiger partial charge in [-0.1, -0.05) is 13.8 Å². The van der Waals surface area contributed by atoms with Crippen molar-refractivity contribution in [2.45, 2.75) is 20.8 Å². The summed E-state index contributed by atoms with van der Waals surface area (Å²) in [7, 11) is -3.27. The van der Waals surface area contributed by atoms with Gasteiger partial charge in [-0.15, -0.1) is 0 Å². The van der Waals surface area contributed by atoms with Gasteiger partial charge >= 0.3 is 0 Å². The maximum absolute atomic E-state index is 11.7. The van der Waals surface area contributed by atoms with Crippen molar-refractivity contribution in [2.75, 3.05) is 22.3 Å². The topological polar surface area (TPSA) is 71.1 Å². The molecule has 6 heteroatoms. The van der Waals surface area contributed by atoms with Crippen molar-refractivity contribution < 1.29 is 8.42 Å². The number of hydrogen-bond donors (Lipinski definition) is 2. The number of hydrogen-bond acceptors (Lipinski definition) is 4. The Hall–Kier alpha value is -1.30. The molecule has 0 saturated carbocycles. The first-order chi connectivity index (χ1) is 7.93. The number of rotatable bonds is 6. The molecule has 1 heterocycles. The minimum Gasteiger partial charge on any atom is -0.370 e. The van der Waals surface area contributed by atoms with Crippen LogP contribution in [0, 0.1) is 5.92 Å². The molecule has 5 nitrogen and oxygen atoms in total. The van der Waals surface area contributed by atoms with E-state index in [1.54, 1.807) is 12.1 Å². The largest absolute Gasteiger partial charge is 0.370 e. The maximum Gasteiger partial charge on any atom is 0.233 e. The van der Waals surface area contributed by atoms with E-state index in [9.17, 15) is 8.42 Å². The SMILES string of the molecule is CCNc1ccc(NS(=O)(=O)CC(C)C)cn1. The average molecular weight is 257 g/mol. The molecule has 0 saturated heterocycles. The Kier molecular flexibility index (Phi) is 4.74. The Balaban J connectivity index is 2.69. The molecular formula is C11H19N3O2S. The highest BCUT2D eigenvalue weighted by molar-refractivity contribution is 7.92. The predicted molar refractivity (Wildman–Crippen MR) is 70.6 cm³/mol. The molecule has 0 spiro atoms. The summed E-state index contributed by atoms with van der Waals surface area (Å²) in [6, 6.07) is 3.44. The summed E-state index contributed by atoms with van der Waals surface area (Å²) >= 11 is 0. The van der Waals surface area contributed by atoms with Crippen LogP contribution < -0.4 is 10.0 Å². The molecular weight excluding hydrogens is 238 g/mol. The molecule has 0 bridgehead atoms. The highest BCUT2D eigenvalue weighted by Gasteiger charge is 2.12. The standard InChI is InChI=1S/C11H19N3O2S/c1-4-12-11-6-5-10(7-13-11)14-17(15,16)8-9(2)3/h5-7,9,14H,4,8H2,1-3H3,(H,12,13). The zero-order valence-corrected chi connectivity index (χ0v) is 11.2. The zero-order valence-electron chi connectivity index (χ0n) is 10.4. The molecule has 0 fully saturated rings. The monoisotopic (exact) mass is 257 g/mol. The molecule has 0 aliphatic rings. The molecule has 0 atom stereocenters. The van der Waals surface area contributed by atoms with Gasteiger partial charge in [0, 0.05) is 6.54 Å². The fraction of sp³-hybridized carbons (Fsp3) is 0.545. The minimum atomic E-state index is -3.27. The molecule has 1 aromatic rings. The smallest absolute Gasteiger partial charge is 0.233 e. The van der Waals surface area contributed by atoms with Crippen LogP contribution in [0.4, 0.5) is 11.5 Å². The van der Waals surface area contributed by atoms with Crippen LogP contribution in [-0.2, 0) is 10.0 Å². The van der Waals surface area contributed by atoms with Gasteiger partial charge in [0.15, 0.2) is 0 Å². The van der Waals surface area contributed by atoms with Crippen molar-refractivity contribution in [3.05, 3.63) is 18.3 Å². The molecule has 2 N–H and O–H groups in total. The van der Waals surface area contributed by atoms with Crippen molar-refractivity contribution in [1.29, 1.82) is 0 Å². The fourth-order valence-corrected chi connectivity index (χ4v) is 2.84. The normalized spacial score (nSPS) is 11.5. The predicted octanol–water partition coefficient (Wildman–Crippen LogP) is 1.91. The Bertz CT molecular complexity index is 440. The van der Waals surface area contributed by atoms with Gasteiger partial charge in [0.2, 0.25) is 10.0 Å². The molecule has 0 aliphatic heterocycles. The van der Waals surface area contributed by atoms with Gasteiger partial charge in [0.25, 0.3) is 0 Å². The molecule has 96 valence electrons. The van der Waals surface area contributed by atoms with Crippen LogP contribution >= 0.6 is 0 Å². The number of pyridine rings is 1. The Labute approximate surface area is 103 Å². The maximum atomic E-state index is 11.7. The van der Waals surface area contributed by atoms with Gasteiger partial charge in [0.1, 0.15) is 5.82 Å². The number of anilines is 2. The van der Waals surface area contributed by atoms with Crippen LogP contribution in [0.1, 0.15) is 20.8 Å². The lowest BCUT2D eigenvalue weighted by Crippen LogP contribution is -2.20. The second kappa shape index (κ2) is 5.86. The van der Waals surface area contributed by atoms with E-state index < -0.39 is 10.0 Å². The first-order valence-electron chi connectivity index (χ1n) is 5.63. The third-order valence-corrected chi connectivity index (χ3v) is 3.60. The second-order valence-electron chi connectivity index (χ2n) is 4.24. The van der Waals surface area contributed by atoms with E-state index in [0.717, 1.165) is 12.4 Å². The van der Waals surface area contributed by atoms with E-state index in [0.29, 0.717) is 5.69 Å². The van der Waals surface area contributed by atoms with Crippen molar-refractivity contribution >= 4 is 21.5 Å². The summed E-state index contributed by atoms with van der Waals surface area (Å²) in [4.78, 5) is 4.09. The van der Waals surface area contributed by atoms with Crippen molar-refractivity contribution in [2.24, 2.45) is 5.92 Å². The number of nitrogens with one attached hydrogen (secondary N) is 2. The fourth-order valence-electron chi connectivity index (χ4n) is 1.40. The molecule has 0 aliphatic carbocycles. The third kappa shape index (κ3) is 5.04. The summed E-state index contributed by atoms with van der Waals surface area (Å²) < 4.78 is 25.8. The molecule has 1 rings (SSSR count). The van der Waals surface area contributed by atoms with Crippen LogP contribution in [0.15, 0.2) is 18.3 Å². The molecule has 1 aromatic heterocycles. The Morgan fingerprint density at radius 1 is 1.35 bits per heavy atom. The van der Waals surface area contributed by atoms with Gasteiger partial charge in [-0.3, -0.25) is 4.72 Å². The second-order valence-corrected chi connectivity index (χ2v) is 6.01. The average Bonchev–Trinajstić information content (AvgIpc) is 2.18. The van der Waals surface area contributed by atoms with Crippen LogP contribution in [0.2, 0.25) is 0 Å². The molecule has 0 aromatic carbocycles. The first kappa shape index (κ1) is 13.8.